The molecular formula is C7H4F3I. The van der Waals surface area contributed by atoms with Gasteiger partial charge in [-0.3, -0.25) is 0 Å². The first-order valence-electron chi connectivity index (χ1n) is 2.83. The molecule has 0 heterocycles. The molecular weight excluding hydrogens is 268 g/mol. The van der Waals surface area contributed by atoms with Crippen LogP contribution in [0.4, 0.5) is 13.2 Å². The van der Waals surface area contributed by atoms with E-state index >= 15 is 0 Å². The molecule has 0 bridgehead atoms. The van der Waals surface area contributed by atoms with E-state index in [1.807, 2.05) is 0 Å². The summed E-state index contributed by atoms with van der Waals surface area (Å²) in [7, 11) is 0. The van der Waals surface area contributed by atoms with E-state index in [0.29, 0.717) is 0 Å². The Balaban J connectivity index is 3.46. The predicted molar refractivity (Wildman–Crippen MR) is 43.8 cm³/mol. The second kappa shape index (κ2) is 3.00. The topological polar surface area (TPSA) is 0 Å². The van der Waals surface area contributed by atoms with Crippen LogP contribution in [0.1, 0.15) is 5.56 Å². The van der Waals surface area contributed by atoms with Crippen molar-refractivity contribution in [2.24, 2.45) is 0 Å². The smallest absolute Gasteiger partial charge is 0.175 e. The Bertz CT molecular complexity index is 270. The van der Waals surface area contributed by atoms with Crippen LogP contribution in [0, 0.1) is 27.9 Å². The molecule has 0 aromatic heterocycles. The van der Waals surface area contributed by atoms with E-state index in [0.717, 1.165) is 6.07 Å². The maximum Gasteiger partial charge on any atom is 0.175 e. The van der Waals surface area contributed by atoms with Crippen LogP contribution in [-0.2, 0) is 0 Å². The van der Waals surface area contributed by atoms with Crippen molar-refractivity contribution < 1.29 is 13.2 Å². The van der Waals surface area contributed by atoms with Gasteiger partial charge in [-0.1, -0.05) is 0 Å². The zero-order valence-corrected chi connectivity index (χ0v) is 7.75. The van der Waals surface area contributed by atoms with E-state index in [1.165, 1.54) is 29.5 Å². The molecule has 0 aliphatic carbocycles. The second-order valence-electron chi connectivity index (χ2n) is 2.12. The predicted octanol–water partition coefficient (Wildman–Crippen LogP) is 3.02. The molecule has 1 aromatic carbocycles. The molecule has 4 heteroatoms. The minimum Gasteiger partial charge on any atom is -0.206 e. The Morgan fingerprint density at radius 3 is 2.27 bits per heavy atom. The van der Waals surface area contributed by atoms with Gasteiger partial charge in [-0.2, -0.15) is 0 Å². The summed E-state index contributed by atoms with van der Waals surface area (Å²) in [6.07, 6.45) is 0. The van der Waals surface area contributed by atoms with E-state index in [9.17, 15) is 13.2 Å². The van der Waals surface area contributed by atoms with Gasteiger partial charge >= 0.3 is 0 Å². The summed E-state index contributed by atoms with van der Waals surface area (Å²) in [6, 6.07) is 0.972. The number of halogens is 4. The van der Waals surface area contributed by atoms with Crippen molar-refractivity contribution in [3.8, 4) is 0 Å². The van der Waals surface area contributed by atoms with Gasteiger partial charge < -0.3 is 0 Å². The van der Waals surface area contributed by atoms with Crippen LogP contribution in [0.15, 0.2) is 6.07 Å². The van der Waals surface area contributed by atoms with Gasteiger partial charge in [-0.05, 0) is 41.1 Å². The first-order valence-corrected chi connectivity index (χ1v) is 3.91. The van der Waals surface area contributed by atoms with Crippen LogP contribution in [0.2, 0.25) is 0 Å². The Morgan fingerprint density at radius 2 is 1.73 bits per heavy atom. The van der Waals surface area contributed by atoms with Gasteiger partial charge in [0.05, 0.1) is 3.57 Å². The van der Waals surface area contributed by atoms with E-state index in [1.54, 1.807) is 0 Å². The summed E-state index contributed by atoms with van der Waals surface area (Å²) in [5.74, 6) is -2.80. The van der Waals surface area contributed by atoms with Gasteiger partial charge in [0.2, 0.25) is 0 Å². The molecule has 0 atom stereocenters. The first kappa shape index (κ1) is 8.83. The molecule has 1 rings (SSSR count). The summed E-state index contributed by atoms with van der Waals surface area (Å²) in [5.41, 5.74) is -0.0135. The van der Waals surface area contributed by atoms with Crippen LogP contribution in [-0.4, -0.2) is 0 Å². The largest absolute Gasteiger partial charge is 0.206 e. The molecule has 11 heavy (non-hydrogen) atoms. The van der Waals surface area contributed by atoms with Gasteiger partial charge in [-0.15, -0.1) is 0 Å². The van der Waals surface area contributed by atoms with Crippen LogP contribution < -0.4 is 0 Å². The fourth-order valence-corrected chi connectivity index (χ4v) is 1.08. The van der Waals surface area contributed by atoms with Gasteiger partial charge in [0.25, 0.3) is 0 Å². The van der Waals surface area contributed by atoms with Crippen molar-refractivity contribution in [2.45, 2.75) is 6.92 Å². The van der Waals surface area contributed by atoms with E-state index in [4.69, 9.17) is 0 Å². The molecule has 0 saturated heterocycles. The maximum absolute atomic E-state index is 12.6. The van der Waals surface area contributed by atoms with E-state index in [2.05, 4.69) is 0 Å². The standard InChI is InChI=1S/C7H4F3I/c1-3-2-4(8)7(11)6(10)5(3)9/h2H,1H3. The molecule has 0 amide bonds. The molecule has 0 fully saturated rings. The molecule has 0 aliphatic heterocycles. The monoisotopic (exact) mass is 272 g/mol. The van der Waals surface area contributed by atoms with E-state index in [-0.39, 0.29) is 9.13 Å². The first-order chi connectivity index (χ1) is 5.04. The number of aryl methyl sites for hydroxylation is 1. The lowest BCUT2D eigenvalue weighted by Crippen LogP contribution is -1.96. The summed E-state index contributed by atoms with van der Waals surface area (Å²) < 4.78 is 37.6. The Hall–Kier alpha value is -0.260. The van der Waals surface area contributed by atoms with Crippen molar-refractivity contribution in [3.63, 3.8) is 0 Å². The number of benzene rings is 1. The molecule has 0 N–H and O–H groups in total. The fourth-order valence-electron chi connectivity index (χ4n) is 0.691. The van der Waals surface area contributed by atoms with Crippen molar-refractivity contribution in [3.05, 3.63) is 32.7 Å². The lowest BCUT2D eigenvalue weighted by atomic mass is 10.2. The maximum atomic E-state index is 12.6. The molecule has 1 aromatic rings. The molecule has 0 spiro atoms. The highest BCUT2D eigenvalue weighted by molar-refractivity contribution is 14.1. The van der Waals surface area contributed by atoms with Gasteiger partial charge in [0.1, 0.15) is 5.82 Å². The normalized spacial score (nSPS) is 10.3. The highest BCUT2D eigenvalue weighted by Gasteiger charge is 2.13. The third kappa shape index (κ3) is 1.50. The highest BCUT2D eigenvalue weighted by Crippen LogP contribution is 2.20. The van der Waals surface area contributed by atoms with Crippen LogP contribution >= 0.6 is 22.6 Å². The third-order valence-electron chi connectivity index (χ3n) is 1.28. The van der Waals surface area contributed by atoms with Crippen molar-refractivity contribution in [1.82, 2.24) is 0 Å². The zero-order chi connectivity index (χ0) is 8.59. The lowest BCUT2D eigenvalue weighted by molar-refractivity contribution is 0.481. The summed E-state index contributed by atoms with van der Waals surface area (Å²) >= 11 is 1.42. The van der Waals surface area contributed by atoms with Crippen molar-refractivity contribution in [1.29, 1.82) is 0 Å². The summed E-state index contributed by atoms with van der Waals surface area (Å²) in [4.78, 5) is 0. The SMILES string of the molecule is Cc1cc(F)c(I)c(F)c1F. The average molecular weight is 272 g/mol. The highest BCUT2D eigenvalue weighted by atomic mass is 127. The lowest BCUT2D eigenvalue weighted by Gasteiger charge is -2.00. The minimum absolute atomic E-state index is 0.0135. The third-order valence-corrected chi connectivity index (χ3v) is 2.27. The van der Waals surface area contributed by atoms with Crippen LogP contribution in [0.25, 0.3) is 0 Å². The Labute approximate surface area is 75.6 Å². The fraction of sp³-hybridized carbons (Fsp3) is 0.143. The molecule has 0 nitrogen and oxygen atoms in total. The quantitative estimate of drug-likeness (QED) is 0.387. The summed E-state index contributed by atoms with van der Waals surface area (Å²) in [5, 5.41) is 0. The second-order valence-corrected chi connectivity index (χ2v) is 3.20. The molecule has 60 valence electrons. The zero-order valence-electron chi connectivity index (χ0n) is 5.59. The van der Waals surface area contributed by atoms with E-state index < -0.39 is 17.5 Å². The Morgan fingerprint density at radius 1 is 1.18 bits per heavy atom. The number of hydrogen-bond acceptors (Lipinski definition) is 0. The van der Waals surface area contributed by atoms with Gasteiger partial charge in [0.15, 0.2) is 11.6 Å². The number of rotatable bonds is 0. The van der Waals surface area contributed by atoms with Crippen LogP contribution in [0.3, 0.4) is 0 Å². The number of hydrogen-bond donors (Lipinski definition) is 0. The average Bonchev–Trinajstić information content (AvgIpc) is 1.97. The summed E-state index contributed by atoms with van der Waals surface area (Å²) in [6.45, 7) is 1.32. The molecule has 0 unspecified atom stereocenters. The van der Waals surface area contributed by atoms with Gasteiger partial charge in [0, 0.05) is 0 Å². The van der Waals surface area contributed by atoms with Crippen molar-refractivity contribution in [2.75, 3.05) is 0 Å². The minimum atomic E-state index is -1.11. The van der Waals surface area contributed by atoms with Crippen LogP contribution in [0.5, 0.6) is 0 Å². The molecule has 0 saturated carbocycles. The molecule has 0 radical (unpaired) electrons. The van der Waals surface area contributed by atoms with Gasteiger partial charge in [-0.25, -0.2) is 13.2 Å². The Kier molecular flexibility index (Phi) is 2.41. The molecule has 0 aliphatic rings. The van der Waals surface area contributed by atoms with Crippen molar-refractivity contribution >= 4 is 22.6 Å².